The average molecular weight is 300 g/mol. The molecule has 104 valence electrons. The van der Waals surface area contributed by atoms with E-state index in [0.717, 1.165) is 37.7 Å². The second-order valence-electron chi connectivity index (χ2n) is 4.05. The van der Waals surface area contributed by atoms with Crippen LogP contribution in [0.4, 0.5) is 13.2 Å². The molecule has 1 fully saturated rings. The SMILES string of the molecule is C[C@@H](SC(=S)N1CCCC1)C(=O)NCC(F)(F)F. The molecule has 0 aromatic carbocycles. The molecule has 1 aliphatic heterocycles. The monoisotopic (exact) mass is 300 g/mol. The van der Waals surface area contributed by atoms with Crippen LogP contribution in [-0.2, 0) is 4.79 Å². The third-order valence-electron chi connectivity index (χ3n) is 2.47. The fraction of sp³-hybridized carbons (Fsp3) is 0.800. The summed E-state index contributed by atoms with van der Waals surface area (Å²) in [6.45, 7) is 1.98. The van der Waals surface area contributed by atoms with Crippen molar-refractivity contribution in [1.29, 1.82) is 0 Å². The Balaban J connectivity index is 2.32. The van der Waals surface area contributed by atoms with Crippen molar-refractivity contribution in [3.05, 3.63) is 0 Å². The van der Waals surface area contributed by atoms with E-state index in [1.165, 1.54) is 0 Å². The van der Waals surface area contributed by atoms with E-state index in [1.807, 2.05) is 10.2 Å². The van der Waals surface area contributed by atoms with Gasteiger partial charge in [-0.3, -0.25) is 4.79 Å². The number of hydrogen-bond acceptors (Lipinski definition) is 3. The molecule has 1 aliphatic rings. The van der Waals surface area contributed by atoms with Crippen molar-refractivity contribution < 1.29 is 18.0 Å². The molecule has 18 heavy (non-hydrogen) atoms. The highest BCUT2D eigenvalue weighted by Gasteiger charge is 2.29. The Morgan fingerprint density at radius 1 is 1.44 bits per heavy atom. The van der Waals surface area contributed by atoms with Crippen LogP contribution in [0.2, 0.25) is 0 Å². The highest BCUT2D eigenvalue weighted by Crippen LogP contribution is 2.20. The van der Waals surface area contributed by atoms with E-state index < -0.39 is 23.9 Å². The van der Waals surface area contributed by atoms with E-state index in [2.05, 4.69) is 0 Å². The number of amides is 1. The number of rotatable bonds is 3. The Bertz CT molecular complexity index is 317. The Morgan fingerprint density at radius 3 is 2.50 bits per heavy atom. The zero-order valence-electron chi connectivity index (χ0n) is 9.92. The molecule has 0 spiro atoms. The first-order valence-electron chi connectivity index (χ1n) is 5.59. The summed E-state index contributed by atoms with van der Waals surface area (Å²) in [7, 11) is 0. The second-order valence-corrected chi connectivity index (χ2v) is 6.03. The van der Waals surface area contributed by atoms with Gasteiger partial charge in [-0.2, -0.15) is 13.2 Å². The molecular weight excluding hydrogens is 285 g/mol. The van der Waals surface area contributed by atoms with E-state index in [-0.39, 0.29) is 0 Å². The van der Waals surface area contributed by atoms with Gasteiger partial charge in [0.2, 0.25) is 5.91 Å². The lowest BCUT2D eigenvalue weighted by atomic mass is 10.4. The maximum atomic E-state index is 11.9. The lowest BCUT2D eigenvalue weighted by Gasteiger charge is -2.20. The fourth-order valence-electron chi connectivity index (χ4n) is 1.51. The molecule has 1 atom stereocenters. The quantitative estimate of drug-likeness (QED) is 0.810. The lowest BCUT2D eigenvalue weighted by Crippen LogP contribution is -2.39. The minimum Gasteiger partial charge on any atom is -0.358 e. The van der Waals surface area contributed by atoms with E-state index in [9.17, 15) is 18.0 Å². The summed E-state index contributed by atoms with van der Waals surface area (Å²) in [4.78, 5) is 13.4. The molecule has 0 saturated carbocycles. The first-order chi connectivity index (χ1) is 8.29. The van der Waals surface area contributed by atoms with Crippen LogP contribution in [0.3, 0.4) is 0 Å². The van der Waals surface area contributed by atoms with Gasteiger partial charge in [0.1, 0.15) is 10.9 Å². The first-order valence-corrected chi connectivity index (χ1v) is 6.88. The normalized spacial score (nSPS) is 17.7. The van der Waals surface area contributed by atoms with Crippen molar-refractivity contribution in [2.24, 2.45) is 0 Å². The molecule has 1 rings (SSSR count). The highest BCUT2D eigenvalue weighted by molar-refractivity contribution is 8.23. The zero-order chi connectivity index (χ0) is 13.8. The van der Waals surface area contributed by atoms with Crippen LogP contribution in [0, 0.1) is 0 Å². The molecule has 1 saturated heterocycles. The number of nitrogens with one attached hydrogen (secondary N) is 1. The van der Waals surface area contributed by atoms with Crippen molar-refractivity contribution >= 4 is 34.2 Å². The van der Waals surface area contributed by atoms with E-state index >= 15 is 0 Å². The van der Waals surface area contributed by atoms with Gasteiger partial charge < -0.3 is 10.2 Å². The number of thiocarbonyl (C=S) groups is 1. The van der Waals surface area contributed by atoms with Crippen molar-refractivity contribution in [3.8, 4) is 0 Å². The number of carbonyl (C=O) groups is 1. The third-order valence-corrected chi connectivity index (χ3v) is 4.05. The van der Waals surface area contributed by atoms with E-state index in [1.54, 1.807) is 6.92 Å². The molecule has 0 bridgehead atoms. The Hall–Kier alpha value is -0.500. The number of halogens is 3. The molecule has 3 nitrogen and oxygen atoms in total. The van der Waals surface area contributed by atoms with Gasteiger partial charge >= 0.3 is 6.18 Å². The highest BCUT2D eigenvalue weighted by atomic mass is 32.2. The first kappa shape index (κ1) is 15.6. The number of alkyl halides is 3. The molecule has 1 amide bonds. The zero-order valence-corrected chi connectivity index (χ0v) is 11.6. The van der Waals surface area contributed by atoms with Crippen LogP contribution in [0.1, 0.15) is 19.8 Å². The number of nitrogens with zero attached hydrogens (tertiary/aromatic N) is 1. The average Bonchev–Trinajstić information content (AvgIpc) is 2.77. The minimum atomic E-state index is -4.38. The van der Waals surface area contributed by atoms with Crippen LogP contribution < -0.4 is 5.32 Å². The van der Waals surface area contributed by atoms with Gasteiger partial charge in [0.25, 0.3) is 0 Å². The number of thioether (sulfide) groups is 1. The van der Waals surface area contributed by atoms with Gasteiger partial charge in [-0.15, -0.1) is 0 Å². The topological polar surface area (TPSA) is 32.3 Å². The Labute approximate surface area is 113 Å². The Kier molecular flexibility index (Phi) is 5.71. The van der Waals surface area contributed by atoms with Gasteiger partial charge in [-0.1, -0.05) is 24.0 Å². The molecule has 1 N–H and O–H groups in total. The van der Waals surface area contributed by atoms with Gasteiger partial charge in [-0.25, -0.2) is 0 Å². The Morgan fingerprint density at radius 2 is 2.00 bits per heavy atom. The molecule has 1 heterocycles. The van der Waals surface area contributed by atoms with Crippen LogP contribution in [0.25, 0.3) is 0 Å². The summed E-state index contributed by atoms with van der Waals surface area (Å²) in [6, 6.07) is 0. The van der Waals surface area contributed by atoms with Crippen molar-refractivity contribution in [2.75, 3.05) is 19.6 Å². The molecule has 0 radical (unpaired) electrons. The fourth-order valence-corrected chi connectivity index (χ4v) is 2.95. The van der Waals surface area contributed by atoms with Crippen LogP contribution in [-0.4, -0.2) is 46.2 Å². The van der Waals surface area contributed by atoms with Gasteiger partial charge in [-0.05, 0) is 19.8 Å². The van der Waals surface area contributed by atoms with Crippen LogP contribution in [0.15, 0.2) is 0 Å². The molecule has 0 aromatic rings. The molecule has 0 aliphatic carbocycles. The van der Waals surface area contributed by atoms with E-state index in [4.69, 9.17) is 12.2 Å². The summed E-state index contributed by atoms with van der Waals surface area (Å²) in [5.74, 6) is -0.640. The lowest BCUT2D eigenvalue weighted by molar-refractivity contribution is -0.137. The van der Waals surface area contributed by atoms with Crippen molar-refractivity contribution in [1.82, 2.24) is 10.2 Å². The summed E-state index contributed by atoms with van der Waals surface area (Å²) in [5.41, 5.74) is 0. The van der Waals surface area contributed by atoms with Crippen molar-refractivity contribution in [3.63, 3.8) is 0 Å². The standard InChI is InChI=1S/C10H15F3N2OS2/c1-7(8(16)14-6-10(11,12)13)18-9(17)15-4-2-3-5-15/h7H,2-6H2,1H3,(H,14,16)/t7-/m1/s1. The predicted molar refractivity (Wildman–Crippen MR) is 69.5 cm³/mol. The van der Waals surface area contributed by atoms with Crippen LogP contribution >= 0.6 is 24.0 Å². The maximum absolute atomic E-state index is 11.9. The molecular formula is C10H15F3N2OS2. The molecule has 0 aromatic heterocycles. The maximum Gasteiger partial charge on any atom is 0.405 e. The second kappa shape index (κ2) is 6.60. The predicted octanol–water partition coefficient (Wildman–Crippen LogP) is 2.17. The van der Waals surface area contributed by atoms with Crippen molar-refractivity contribution in [2.45, 2.75) is 31.2 Å². The summed E-state index contributed by atoms with van der Waals surface area (Å²) in [6.07, 6.45) is -2.25. The summed E-state index contributed by atoms with van der Waals surface area (Å²) >= 11 is 6.29. The smallest absolute Gasteiger partial charge is 0.358 e. The number of carbonyl (C=O) groups excluding carboxylic acids is 1. The summed E-state index contributed by atoms with van der Waals surface area (Å²) in [5, 5.41) is 1.24. The van der Waals surface area contributed by atoms with Gasteiger partial charge in [0.05, 0.1) is 5.25 Å². The number of likely N-dealkylation sites (tertiary alicyclic amines) is 1. The van der Waals surface area contributed by atoms with Crippen LogP contribution in [0.5, 0.6) is 0 Å². The van der Waals surface area contributed by atoms with E-state index in [0.29, 0.717) is 4.32 Å². The third kappa shape index (κ3) is 5.43. The summed E-state index contributed by atoms with van der Waals surface area (Å²) < 4.78 is 36.4. The molecule has 0 unspecified atom stereocenters. The molecule has 8 heteroatoms. The van der Waals surface area contributed by atoms with Gasteiger partial charge in [0.15, 0.2) is 0 Å². The van der Waals surface area contributed by atoms with Gasteiger partial charge in [0, 0.05) is 13.1 Å². The number of hydrogen-bond donors (Lipinski definition) is 1. The minimum absolute atomic E-state index is 0.585. The largest absolute Gasteiger partial charge is 0.405 e.